The Bertz CT molecular complexity index is 700. The molecule has 2 aliphatic rings. The third-order valence-electron chi connectivity index (χ3n) is 4.87. The second-order valence-electron chi connectivity index (χ2n) is 6.52. The van der Waals surface area contributed by atoms with E-state index in [-0.39, 0.29) is 12.6 Å². The van der Waals surface area contributed by atoms with Crippen molar-refractivity contribution >= 4 is 15.4 Å². The number of benzene rings is 1. The largest absolute Gasteiger partial charge is 0.381 e. The van der Waals surface area contributed by atoms with Gasteiger partial charge in [-0.1, -0.05) is 13.0 Å². The Morgan fingerprint density at radius 2 is 2.00 bits per heavy atom. The van der Waals surface area contributed by atoms with E-state index in [1.54, 1.807) is 23.1 Å². The molecule has 1 saturated heterocycles. The summed E-state index contributed by atoms with van der Waals surface area (Å²) < 4.78 is 54.1. The van der Waals surface area contributed by atoms with Gasteiger partial charge in [0.05, 0.1) is 16.3 Å². The van der Waals surface area contributed by atoms with Gasteiger partial charge in [0, 0.05) is 42.0 Å². The van der Waals surface area contributed by atoms with E-state index in [1.807, 2.05) is 0 Å². The van der Waals surface area contributed by atoms with Crippen molar-refractivity contribution in [3.8, 4) is 0 Å². The highest BCUT2D eigenvalue weighted by Gasteiger charge is 2.46. The zero-order valence-corrected chi connectivity index (χ0v) is 14.2. The summed E-state index contributed by atoms with van der Waals surface area (Å²) >= 11 is 0. The maximum Gasteiger partial charge on any atom is 0.271 e. The fraction of sp³-hybridized carbons (Fsp3) is 0.625. The number of anilines is 1. The Balaban J connectivity index is 2.09. The van der Waals surface area contributed by atoms with Crippen molar-refractivity contribution in [3.05, 3.63) is 23.8 Å². The van der Waals surface area contributed by atoms with Gasteiger partial charge in [-0.25, -0.2) is 17.8 Å². The van der Waals surface area contributed by atoms with Gasteiger partial charge in [-0.2, -0.15) is 0 Å². The van der Waals surface area contributed by atoms with Crippen molar-refractivity contribution in [2.45, 2.75) is 42.5 Å². The molecule has 0 aromatic heterocycles. The van der Waals surface area contributed by atoms with E-state index in [0.29, 0.717) is 42.2 Å². The summed E-state index contributed by atoms with van der Waals surface area (Å²) in [5, 5.41) is 0. The molecule has 23 heavy (non-hydrogen) atoms. The summed E-state index contributed by atoms with van der Waals surface area (Å²) in [6, 6.07) is 4.83. The summed E-state index contributed by atoms with van der Waals surface area (Å²) in [6.07, 6.45) is 2.77. The number of nitrogens with zero attached hydrogens (tertiary/aromatic N) is 1. The van der Waals surface area contributed by atoms with Crippen LogP contribution >= 0.6 is 0 Å². The first-order chi connectivity index (χ1) is 10.7. The summed E-state index contributed by atoms with van der Waals surface area (Å²) in [5.74, 6) is -3.69. The van der Waals surface area contributed by atoms with Crippen molar-refractivity contribution in [2.24, 2.45) is 0 Å². The molecule has 7 heteroatoms. The van der Waals surface area contributed by atoms with Crippen LogP contribution in [0.5, 0.6) is 0 Å². The third-order valence-corrected chi connectivity index (χ3v) is 6.03. The Kier molecular flexibility index (Phi) is 4.13. The zero-order chi connectivity index (χ0) is 16.8. The Labute approximate surface area is 135 Å². The summed E-state index contributed by atoms with van der Waals surface area (Å²) in [6.45, 7) is 2.34. The SMILES string of the molecule is C[C@H]1c2ccc([S@@](C)(=N)=O)cc2N(C2CCOCC2)CC1(F)F. The number of nitrogens with one attached hydrogen (secondary N) is 1. The van der Waals surface area contributed by atoms with Crippen LogP contribution < -0.4 is 4.90 Å². The lowest BCUT2D eigenvalue weighted by molar-refractivity contribution is -0.0239. The molecule has 0 amide bonds. The van der Waals surface area contributed by atoms with Crippen molar-refractivity contribution < 1.29 is 17.7 Å². The predicted molar refractivity (Wildman–Crippen MR) is 86.0 cm³/mol. The van der Waals surface area contributed by atoms with Crippen LogP contribution in [0.2, 0.25) is 0 Å². The number of ether oxygens (including phenoxy) is 1. The highest BCUT2D eigenvalue weighted by atomic mass is 32.2. The molecule has 1 fully saturated rings. The number of fused-ring (bicyclic) bond motifs is 1. The molecule has 2 heterocycles. The van der Waals surface area contributed by atoms with Crippen molar-refractivity contribution in [1.82, 2.24) is 0 Å². The highest BCUT2D eigenvalue weighted by Crippen LogP contribution is 2.46. The third kappa shape index (κ3) is 3.08. The van der Waals surface area contributed by atoms with Gasteiger partial charge in [0.25, 0.3) is 5.92 Å². The van der Waals surface area contributed by atoms with Crippen molar-refractivity contribution in [1.29, 1.82) is 4.78 Å². The molecule has 4 nitrogen and oxygen atoms in total. The average molecular weight is 344 g/mol. The minimum absolute atomic E-state index is 0.00485. The highest BCUT2D eigenvalue weighted by molar-refractivity contribution is 7.91. The molecule has 1 N–H and O–H groups in total. The fourth-order valence-electron chi connectivity index (χ4n) is 3.38. The number of alkyl halides is 2. The smallest absolute Gasteiger partial charge is 0.271 e. The Morgan fingerprint density at radius 3 is 2.61 bits per heavy atom. The molecule has 0 unspecified atom stereocenters. The first kappa shape index (κ1) is 16.6. The summed E-state index contributed by atoms with van der Waals surface area (Å²) in [7, 11) is -2.88. The lowest BCUT2D eigenvalue weighted by atomic mass is 9.87. The average Bonchev–Trinajstić information content (AvgIpc) is 2.50. The van der Waals surface area contributed by atoms with E-state index >= 15 is 0 Å². The first-order valence-corrected chi connectivity index (χ1v) is 9.77. The molecule has 0 spiro atoms. The quantitative estimate of drug-likeness (QED) is 0.894. The number of hydrogen-bond acceptors (Lipinski definition) is 4. The second-order valence-corrected chi connectivity index (χ2v) is 8.68. The van der Waals surface area contributed by atoms with Crippen LogP contribution in [0.1, 0.15) is 31.2 Å². The molecule has 0 saturated carbocycles. The predicted octanol–water partition coefficient (Wildman–Crippen LogP) is 3.46. The molecule has 1 aromatic rings. The molecule has 0 aliphatic carbocycles. The van der Waals surface area contributed by atoms with E-state index in [0.717, 1.165) is 0 Å². The maximum absolute atomic E-state index is 14.4. The van der Waals surface area contributed by atoms with Crippen LogP contribution in [-0.2, 0) is 14.5 Å². The van der Waals surface area contributed by atoms with Crippen LogP contribution in [0.25, 0.3) is 0 Å². The molecule has 0 bridgehead atoms. The molecule has 128 valence electrons. The molecule has 3 rings (SSSR count). The lowest BCUT2D eigenvalue weighted by Crippen LogP contribution is -2.51. The van der Waals surface area contributed by atoms with E-state index < -0.39 is 21.6 Å². The Hall–Kier alpha value is -1.21. The minimum atomic E-state index is -2.88. The molecule has 2 aliphatic heterocycles. The van der Waals surface area contributed by atoms with Gasteiger partial charge in [-0.05, 0) is 30.5 Å². The van der Waals surface area contributed by atoms with Crippen molar-refractivity contribution in [3.63, 3.8) is 0 Å². The van der Waals surface area contributed by atoms with Crippen LogP contribution in [0.3, 0.4) is 0 Å². The number of rotatable bonds is 2. The standard InChI is InChI=1S/C16H22F2N2O2S/c1-11-14-4-3-13(23(2,19)21)9-15(14)20(10-16(11,17)18)12-5-7-22-8-6-12/h3-4,9,11-12,19H,5-8,10H2,1-2H3/t11-,23-/m0/s1. The molecule has 0 radical (unpaired) electrons. The van der Waals surface area contributed by atoms with Crippen LogP contribution in [0.4, 0.5) is 14.5 Å². The molecule has 2 atom stereocenters. The van der Waals surface area contributed by atoms with Crippen LogP contribution in [0, 0.1) is 4.78 Å². The molecular formula is C16H22F2N2O2S. The van der Waals surface area contributed by atoms with Crippen LogP contribution in [0.15, 0.2) is 23.1 Å². The van der Waals surface area contributed by atoms with Gasteiger partial charge in [0.15, 0.2) is 0 Å². The first-order valence-electron chi connectivity index (χ1n) is 7.80. The summed E-state index contributed by atoms with van der Waals surface area (Å²) in [5.41, 5.74) is 1.27. The van der Waals surface area contributed by atoms with Gasteiger partial charge < -0.3 is 9.64 Å². The lowest BCUT2D eigenvalue weighted by Gasteiger charge is -2.45. The monoisotopic (exact) mass is 344 g/mol. The zero-order valence-electron chi connectivity index (χ0n) is 13.4. The summed E-state index contributed by atoms with van der Waals surface area (Å²) in [4.78, 5) is 2.14. The molecule has 1 aromatic carbocycles. The topological polar surface area (TPSA) is 53.4 Å². The van der Waals surface area contributed by atoms with E-state index in [9.17, 15) is 13.0 Å². The maximum atomic E-state index is 14.4. The number of hydrogen-bond donors (Lipinski definition) is 1. The minimum Gasteiger partial charge on any atom is -0.381 e. The van der Waals surface area contributed by atoms with Gasteiger partial charge >= 0.3 is 0 Å². The number of halogens is 2. The Morgan fingerprint density at radius 1 is 1.35 bits per heavy atom. The van der Waals surface area contributed by atoms with Gasteiger partial charge in [-0.15, -0.1) is 0 Å². The fourth-order valence-corrected chi connectivity index (χ4v) is 4.04. The normalized spacial score (nSPS) is 27.3. The second kappa shape index (κ2) is 5.70. The molecular weight excluding hydrogens is 322 g/mol. The van der Waals surface area contributed by atoms with Gasteiger partial charge in [-0.3, -0.25) is 0 Å². The van der Waals surface area contributed by atoms with E-state index in [2.05, 4.69) is 0 Å². The van der Waals surface area contributed by atoms with E-state index in [4.69, 9.17) is 9.52 Å². The van der Waals surface area contributed by atoms with Crippen molar-refractivity contribution in [2.75, 3.05) is 30.9 Å². The van der Waals surface area contributed by atoms with Gasteiger partial charge in [0.2, 0.25) is 0 Å². The van der Waals surface area contributed by atoms with Gasteiger partial charge in [0.1, 0.15) is 0 Å². The van der Waals surface area contributed by atoms with E-state index in [1.165, 1.54) is 13.2 Å². The van der Waals surface area contributed by atoms with Crippen LogP contribution in [-0.4, -0.2) is 42.2 Å².